The highest BCUT2D eigenvalue weighted by molar-refractivity contribution is 7.99. The molecule has 106 valence electrons. The molecule has 18 heavy (non-hydrogen) atoms. The van der Waals surface area contributed by atoms with Crippen LogP contribution in [0.2, 0.25) is 0 Å². The van der Waals surface area contributed by atoms with Crippen LogP contribution in [0.1, 0.15) is 51.4 Å². The maximum Gasteiger partial charge on any atom is 0.0246 e. The Labute approximate surface area is 117 Å². The van der Waals surface area contributed by atoms with Crippen LogP contribution in [-0.2, 0) is 0 Å². The van der Waals surface area contributed by atoms with E-state index in [4.69, 9.17) is 5.73 Å². The molecule has 2 aliphatic rings. The maximum atomic E-state index is 6.11. The molecule has 2 N–H and O–H groups in total. The molecule has 3 heteroatoms. The second kappa shape index (κ2) is 7.76. The van der Waals surface area contributed by atoms with Crippen molar-refractivity contribution in [1.82, 2.24) is 4.90 Å². The van der Waals surface area contributed by atoms with Crippen LogP contribution in [-0.4, -0.2) is 42.1 Å². The molecule has 0 spiro atoms. The normalized spacial score (nSPS) is 30.0. The van der Waals surface area contributed by atoms with E-state index in [1.54, 1.807) is 0 Å². The molecule has 2 nitrogen and oxygen atoms in total. The van der Waals surface area contributed by atoms with Crippen molar-refractivity contribution in [2.75, 3.05) is 25.9 Å². The summed E-state index contributed by atoms with van der Waals surface area (Å²) in [5.74, 6) is 0.884. The first kappa shape index (κ1) is 14.7. The van der Waals surface area contributed by atoms with Gasteiger partial charge in [0.2, 0.25) is 0 Å². The highest BCUT2D eigenvalue weighted by Gasteiger charge is 2.29. The SMILES string of the molecule is CSC1CCCN(C(CN)C2CCCCC2)CC1. The van der Waals surface area contributed by atoms with E-state index in [-0.39, 0.29) is 0 Å². The van der Waals surface area contributed by atoms with Gasteiger partial charge in [-0.3, -0.25) is 4.90 Å². The predicted octanol–water partition coefficient (Wildman–Crippen LogP) is 3.11. The lowest BCUT2D eigenvalue weighted by atomic mass is 9.83. The number of rotatable bonds is 4. The van der Waals surface area contributed by atoms with Gasteiger partial charge in [0.1, 0.15) is 0 Å². The van der Waals surface area contributed by atoms with Crippen LogP contribution >= 0.6 is 11.8 Å². The summed E-state index contributed by atoms with van der Waals surface area (Å²) < 4.78 is 0. The first-order valence-corrected chi connectivity index (χ1v) is 9.11. The highest BCUT2D eigenvalue weighted by atomic mass is 32.2. The summed E-state index contributed by atoms with van der Waals surface area (Å²) in [5.41, 5.74) is 6.11. The average molecular weight is 270 g/mol. The Balaban J connectivity index is 1.90. The smallest absolute Gasteiger partial charge is 0.0246 e. The molecular formula is C15H30N2S. The van der Waals surface area contributed by atoms with Crippen LogP contribution in [0.15, 0.2) is 0 Å². The lowest BCUT2D eigenvalue weighted by Crippen LogP contribution is -2.46. The number of hydrogen-bond donors (Lipinski definition) is 1. The highest BCUT2D eigenvalue weighted by Crippen LogP contribution is 2.30. The zero-order chi connectivity index (χ0) is 12.8. The molecule has 2 unspecified atom stereocenters. The van der Waals surface area contributed by atoms with Gasteiger partial charge in [0.05, 0.1) is 0 Å². The molecule has 0 amide bonds. The van der Waals surface area contributed by atoms with Crippen molar-refractivity contribution < 1.29 is 0 Å². The zero-order valence-electron chi connectivity index (χ0n) is 11.9. The Morgan fingerprint density at radius 2 is 1.83 bits per heavy atom. The van der Waals surface area contributed by atoms with Crippen molar-refractivity contribution in [1.29, 1.82) is 0 Å². The van der Waals surface area contributed by atoms with E-state index < -0.39 is 0 Å². The van der Waals surface area contributed by atoms with Crippen LogP contribution < -0.4 is 5.73 Å². The van der Waals surface area contributed by atoms with Gasteiger partial charge in [-0.25, -0.2) is 0 Å². The van der Waals surface area contributed by atoms with Gasteiger partial charge in [-0.15, -0.1) is 0 Å². The number of likely N-dealkylation sites (tertiary alicyclic amines) is 1. The van der Waals surface area contributed by atoms with Crippen molar-refractivity contribution in [3.05, 3.63) is 0 Å². The van der Waals surface area contributed by atoms with Crippen molar-refractivity contribution in [2.24, 2.45) is 11.7 Å². The zero-order valence-corrected chi connectivity index (χ0v) is 12.8. The summed E-state index contributed by atoms with van der Waals surface area (Å²) >= 11 is 2.06. The molecule has 1 aliphatic carbocycles. The second-order valence-corrected chi connectivity index (χ2v) is 7.16. The van der Waals surface area contributed by atoms with E-state index >= 15 is 0 Å². The van der Waals surface area contributed by atoms with E-state index in [9.17, 15) is 0 Å². The standard InChI is InChI=1S/C15H30N2S/c1-18-14-8-5-10-17(11-9-14)15(12-16)13-6-3-2-4-7-13/h13-15H,2-12,16H2,1H3. The van der Waals surface area contributed by atoms with Crippen molar-refractivity contribution in [3.63, 3.8) is 0 Å². The van der Waals surface area contributed by atoms with Crippen molar-refractivity contribution in [2.45, 2.75) is 62.7 Å². The fourth-order valence-corrected chi connectivity index (χ4v) is 4.56. The maximum absolute atomic E-state index is 6.11. The third-order valence-electron chi connectivity index (χ3n) is 4.95. The Morgan fingerprint density at radius 1 is 1.06 bits per heavy atom. The first-order valence-electron chi connectivity index (χ1n) is 7.82. The van der Waals surface area contributed by atoms with E-state index in [1.807, 2.05) is 0 Å². The van der Waals surface area contributed by atoms with Gasteiger partial charge in [-0.2, -0.15) is 11.8 Å². The van der Waals surface area contributed by atoms with Gasteiger partial charge in [-0.05, 0) is 57.4 Å². The number of nitrogens with zero attached hydrogens (tertiary/aromatic N) is 1. The fourth-order valence-electron chi connectivity index (χ4n) is 3.81. The minimum absolute atomic E-state index is 0.672. The first-order chi connectivity index (χ1) is 8.85. The molecule has 2 atom stereocenters. The Kier molecular flexibility index (Phi) is 6.33. The van der Waals surface area contributed by atoms with Gasteiger partial charge < -0.3 is 5.73 Å². The predicted molar refractivity (Wildman–Crippen MR) is 82.1 cm³/mol. The summed E-state index contributed by atoms with van der Waals surface area (Å²) in [6.45, 7) is 3.44. The van der Waals surface area contributed by atoms with Gasteiger partial charge in [0.25, 0.3) is 0 Å². The topological polar surface area (TPSA) is 29.3 Å². The number of thioether (sulfide) groups is 1. The van der Waals surface area contributed by atoms with Gasteiger partial charge >= 0.3 is 0 Å². The Morgan fingerprint density at radius 3 is 2.50 bits per heavy atom. The van der Waals surface area contributed by atoms with Crippen LogP contribution in [0, 0.1) is 5.92 Å². The molecule has 0 aromatic heterocycles. The summed E-state index contributed by atoms with van der Waals surface area (Å²) in [6, 6.07) is 0.672. The quantitative estimate of drug-likeness (QED) is 0.851. The van der Waals surface area contributed by atoms with Crippen LogP contribution in [0.3, 0.4) is 0 Å². The molecule has 1 saturated carbocycles. The molecule has 1 saturated heterocycles. The third-order valence-corrected chi connectivity index (χ3v) is 6.09. The summed E-state index contributed by atoms with van der Waals surface area (Å²) in [7, 11) is 0. The minimum Gasteiger partial charge on any atom is -0.329 e. The van der Waals surface area contributed by atoms with Crippen LogP contribution in [0.4, 0.5) is 0 Å². The van der Waals surface area contributed by atoms with E-state index in [0.29, 0.717) is 6.04 Å². The third kappa shape index (κ3) is 3.88. The Hall–Kier alpha value is 0.270. The summed E-state index contributed by atoms with van der Waals surface area (Å²) in [5, 5.41) is 0.889. The van der Waals surface area contributed by atoms with Gasteiger partial charge in [0.15, 0.2) is 0 Å². The monoisotopic (exact) mass is 270 g/mol. The Bertz CT molecular complexity index is 229. The van der Waals surface area contributed by atoms with Crippen LogP contribution in [0.5, 0.6) is 0 Å². The molecule has 0 aromatic carbocycles. The largest absolute Gasteiger partial charge is 0.329 e. The summed E-state index contributed by atoms with van der Waals surface area (Å²) in [6.07, 6.45) is 13.6. The molecular weight excluding hydrogens is 240 g/mol. The molecule has 1 aliphatic heterocycles. The average Bonchev–Trinajstić information content (AvgIpc) is 2.66. The van der Waals surface area contributed by atoms with Crippen LogP contribution in [0.25, 0.3) is 0 Å². The van der Waals surface area contributed by atoms with Gasteiger partial charge in [0, 0.05) is 17.8 Å². The molecule has 2 rings (SSSR count). The molecule has 0 aromatic rings. The van der Waals surface area contributed by atoms with E-state index in [1.165, 1.54) is 64.5 Å². The number of nitrogens with two attached hydrogens (primary N) is 1. The number of hydrogen-bond acceptors (Lipinski definition) is 3. The van der Waals surface area contributed by atoms with E-state index in [2.05, 4.69) is 22.9 Å². The van der Waals surface area contributed by atoms with Gasteiger partial charge in [-0.1, -0.05) is 19.3 Å². The second-order valence-electron chi connectivity index (χ2n) is 6.03. The molecule has 0 bridgehead atoms. The minimum atomic E-state index is 0.672. The van der Waals surface area contributed by atoms with Crippen molar-refractivity contribution in [3.8, 4) is 0 Å². The van der Waals surface area contributed by atoms with E-state index in [0.717, 1.165) is 17.7 Å². The summed E-state index contributed by atoms with van der Waals surface area (Å²) in [4.78, 5) is 2.73. The molecule has 0 radical (unpaired) electrons. The van der Waals surface area contributed by atoms with Crippen molar-refractivity contribution >= 4 is 11.8 Å². The molecule has 2 fully saturated rings. The molecule has 1 heterocycles. The lowest BCUT2D eigenvalue weighted by Gasteiger charge is -2.37. The fraction of sp³-hybridized carbons (Fsp3) is 1.00. The lowest BCUT2D eigenvalue weighted by molar-refractivity contribution is 0.126.